The van der Waals surface area contributed by atoms with Crippen LogP contribution >= 0.6 is 0 Å². The Morgan fingerprint density at radius 3 is 2.89 bits per heavy atom. The van der Waals surface area contributed by atoms with Crippen molar-refractivity contribution in [2.45, 2.75) is 32.0 Å². The Balaban J connectivity index is 1.26. The van der Waals surface area contributed by atoms with Gasteiger partial charge in [0.1, 0.15) is 24.4 Å². The van der Waals surface area contributed by atoms with E-state index in [1.165, 1.54) is 0 Å². The number of para-hydroxylation sites is 1. The van der Waals surface area contributed by atoms with E-state index in [-0.39, 0.29) is 18.6 Å². The highest BCUT2D eigenvalue weighted by atomic mass is 16.5. The van der Waals surface area contributed by atoms with Gasteiger partial charge in [-0.2, -0.15) is 0 Å². The second-order valence-electron chi connectivity index (χ2n) is 6.60. The average Bonchev–Trinajstić information content (AvgIpc) is 3.36. The molecule has 140 valence electrons. The molecule has 1 amide bonds. The minimum atomic E-state index is -0.107. The molecule has 3 aromatic rings. The van der Waals surface area contributed by atoms with E-state index >= 15 is 0 Å². The molecule has 1 fully saturated rings. The summed E-state index contributed by atoms with van der Waals surface area (Å²) < 4.78 is 12.9. The molecular formula is C20H22N4O3. The van der Waals surface area contributed by atoms with Gasteiger partial charge in [0.15, 0.2) is 0 Å². The third-order valence-electron chi connectivity index (χ3n) is 4.59. The second-order valence-corrected chi connectivity index (χ2v) is 6.60. The molecule has 0 bridgehead atoms. The number of amides is 1. The molecule has 1 N–H and O–H groups in total. The van der Waals surface area contributed by atoms with Crippen LogP contribution < -0.4 is 10.1 Å². The Labute approximate surface area is 157 Å². The molecule has 4 rings (SSSR count). The molecule has 0 unspecified atom stereocenters. The van der Waals surface area contributed by atoms with Crippen molar-refractivity contribution < 1.29 is 14.3 Å². The van der Waals surface area contributed by atoms with Gasteiger partial charge in [-0.25, -0.2) is 4.68 Å². The molecular weight excluding hydrogens is 344 g/mol. The fourth-order valence-corrected chi connectivity index (χ4v) is 3.10. The molecule has 2 aromatic carbocycles. The number of benzene rings is 2. The molecule has 1 aliphatic heterocycles. The number of hydrogen-bond donors (Lipinski definition) is 1. The fourth-order valence-electron chi connectivity index (χ4n) is 3.10. The van der Waals surface area contributed by atoms with E-state index in [2.05, 4.69) is 15.6 Å². The van der Waals surface area contributed by atoms with Crippen molar-refractivity contribution >= 4 is 16.9 Å². The topological polar surface area (TPSA) is 78.3 Å². The maximum atomic E-state index is 12.2. The van der Waals surface area contributed by atoms with E-state index in [1.807, 2.05) is 48.5 Å². The monoisotopic (exact) mass is 366 g/mol. The van der Waals surface area contributed by atoms with Gasteiger partial charge in [0.25, 0.3) is 0 Å². The largest absolute Gasteiger partial charge is 0.491 e. The first-order valence-corrected chi connectivity index (χ1v) is 9.16. The summed E-state index contributed by atoms with van der Waals surface area (Å²) >= 11 is 0. The summed E-state index contributed by atoms with van der Waals surface area (Å²) in [5.74, 6) is 0.707. The number of nitrogens with one attached hydrogen (secondary N) is 1. The van der Waals surface area contributed by atoms with Gasteiger partial charge in [-0.05, 0) is 42.7 Å². The van der Waals surface area contributed by atoms with E-state index in [4.69, 9.17) is 9.47 Å². The number of carbonyl (C=O) groups is 1. The van der Waals surface area contributed by atoms with Gasteiger partial charge in [0, 0.05) is 13.2 Å². The zero-order valence-corrected chi connectivity index (χ0v) is 15.0. The maximum absolute atomic E-state index is 12.2. The van der Waals surface area contributed by atoms with Crippen LogP contribution in [-0.2, 0) is 22.6 Å². The molecule has 2 heterocycles. The van der Waals surface area contributed by atoms with Gasteiger partial charge in [0.05, 0.1) is 11.6 Å². The maximum Gasteiger partial charge on any atom is 0.242 e. The summed E-state index contributed by atoms with van der Waals surface area (Å²) in [5, 5.41) is 11.0. The molecule has 0 radical (unpaired) electrons. The normalized spacial score (nSPS) is 16.5. The highest BCUT2D eigenvalue weighted by Gasteiger charge is 2.15. The standard InChI is InChI=1S/C20H22N4O3/c25-20(13-24-19-6-2-1-5-18(19)22-23-24)21-12-15-7-9-16(10-8-15)27-14-17-4-3-11-26-17/h1-2,5-10,17H,3-4,11-14H2,(H,21,25)/t17-/m0/s1. The summed E-state index contributed by atoms with van der Waals surface area (Å²) in [5.41, 5.74) is 2.64. The van der Waals surface area contributed by atoms with Crippen LogP contribution in [0, 0.1) is 0 Å². The molecule has 0 saturated carbocycles. The molecule has 0 aliphatic carbocycles. The number of hydrogen-bond acceptors (Lipinski definition) is 5. The lowest BCUT2D eigenvalue weighted by Crippen LogP contribution is -2.27. The number of fused-ring (bicyclic) bond motifs is 1. The van der Waals surface area contributed by atoms with Crippen LogP contribution in [0.3, 0.4) is 0 Å². The van der Waals surface area contributed by atoms with Crippen molar-refractivity contribution in [3.8, 4) is 5.75 Å². The highest BCUT2D eigenvalue weighted by Crippen LogP contribution is 2.16. The van der Waals surface area contributed by atoms with E-state index in [0.29, 0.717) is 13.2 Å². The summed E-state index contributed by atoms with van der Waals surface area (Å²) in [6.07, 6.45) is 2.37. The number of carbonyl (C=O) groups excluding carboxylic acids is 1. The van der Waals surface area contributed by atoms with Crippen LogP contribution in [0.1, 0.15) is 18.4 Å². The van der Waals surface area contributed by atoms with Gasteiger partial charge < -0.3 is 14.8 Å². The Morgan fingerprint density at radius 2 is 2.07 bits per heavy atom. The molecule has 1 aliphatic rings. The lowest BCUT2D eigenvalue weighted by atomic mass is 10.2. The fraction of sp³-hybridized carbons (Fsp3) is 0.350. The van der Waals surface area contributed by atoms with E-state index in [0.717, 1.165) is 41.8 Å². The lowest BCUT2D eigenvalue weighted by molar-refractivity contribution is -0.121. The average molecular weight is 366 g/mol. The quantitative estimate of drug-likeness (QED) is 0.694. The zero-order chi connectivity index (χ0) is 18.5. The second kappa shape index (κ2) is 8.18. The molecule has 1 saturated heterocycles. The van der Waals surface area contributed by atoms with Crippen molar-refractivity contribution in [1.29, 1.82) is 0 Å². The molecule has 7 nitrogen and oxygen atoms in total. The molecule has 1 aromatic heterocycles. The predicted molar refractivity (Wildman–Crippen MR) is 100 cm³/mol. The summed E-state index contributed by atoms with van der Waals surface area (Å²) in [6, 6.07) is 15.3. The van der Waals surface area contributed by atoms with Crippen LogP contribution in [0.5, 0.6) is 5.75 Å². The van der Waals surface area contributed by atoms with Crippen LogP contribution in [0.25, 0.3) is 11.0 Å². The van der Waals surface area contributed by atoms with Crippen LogP contribution in [-0.4, -0.2) is 40.2 Å². The minimum Gasteiger partial charge on any atom is -0.491 e. The van der Waals surface area contributed by atoms with Crippen molar-refractivity contribution in [1.82, 2.24) is 20.3 Å². The summed E-state index contributed by atoms with van der Waals surface area (Å²) in [7, 11) is 0. The molecule has 27 heavy (non-hydrogen) atoms. The SMILES string of the molecule is O=C(Cn1nnc2ccccc21)NCc1ccc(OC[C@@H]2CCCO2)cc1. The lowest BCUT2D eigenvalue weighted by Gasteiger charge is -2.12. The Kier molecular flexibility index (Phi) is 5.29. The predicted octanol–water partition coefficient (Wildman–Crippen LogP) is 2.31. The van der Waals surface area contributed by atoms with Gasteiger partial charge in [-0.15, -0.1) is 5.10 Å². The highest BCUT2D eigenvalue weighted by molar-refractivity contribution is 5.79. The molecule has 0 spiro atoms. The first-order valence-electron chi connectivity index (χ1n) is 9.16. The van der Waals surface area contributed by atoms with E-state index in [1.54, 1.807) is 4.68 Å². The van der Waals surface area contributed by atoms with Crippen molar-refractivity contribution in [3.63, 3.8) is 0 Å². The minimum absolute atomic E-state index is 0.107. The van der Waals surface area contributed by atoms with Crippen molar-refractivity contribution in [2.24, 2.45) is 0 Å². The Hall–Kier alpha value is -2.93. The first-order chi connectivity index (χ1) is 13.3. The van der Waals surface area contributed by atoms with Crippen LogP contribution in [0.4, 0.5) is 0 Å². The number of rotatable bonds is 7. The third-order valence-corrected chi connectivity index (χ3v) is 4.59. The third kappa shape index (κ3) is 4.43. The number of nitrogens with zero attached hydrogens (tertiary/aromatic N) is 3. The van der Waals surface area contributed by atoms with Crippen LogP contribution in [0.15, 0.2) is 48.5 Å². The van der Waals surface area contributed by atoms with Crippen molar-refractivity contribution in [2.75, 3.05) is 13.2 Å². The van der Waals surface area contributed by atoms with E-state index < -0.39 is 0 Å². The number of ether oxygens (including phenoxy) is 2. The van der Waals surface area contributed by atoms with Gasteiger partial charge in [-0.3, -0.25) is 4.79 Å². The van der Waals surface area contributed by atoms with Crippen molar-refractivity contribution in [3.05, 3.63) is 54.1 Å². The Bertz CT molecular complexity index is 901. The smallest absolute Gasteiger partial charge is 0.242 e. The Morgan fingerprint density at radius 1 is 1.22 bits per heavy atom. The molecule has 1 atom stereocenters. The van der Waals surface area contributed by atoms with Gasteiger partial charge in [0.2, 0.25) is 5.91 Å². The first kappa shape index (κ1) is 17.5. The summed E-state index contributed by atoms with van der Waals surface area (Å²) in [4.78, 5) is 12.2. The van der Waals surface area contributed by atoms with Gasteiger partial charge in [-0.1, -0.05) is 29.5 Å². The number of aromatic nitrogens is 3. The van der Waals surface area contributed by atoms with Crippen LogP contribution in [0.2, 0.25) is 0 Å². The zero-order valence-electron chi connectivity index (χ0n) is 15.0. The van der Waals surface area contributed by atoms with Gasteiger partial charge >= 0.3 is 0 Å². The van der Waals surface area contributed by atoms with E-state index in [9.17, 15) is 4.79 Å². The molecule has 7 heteroatoms. The summed E-state index contributed by atoms with van der Waals surface area (Å²) in [6.45, 7) is 2.01.